The molecule has 31 heavy (non-hydrogen) atoms. The molecule has 7 nitrogen and oxygen atoms in total. The molecule has 0 atom stereocenters. The van der Waals surface area contributed by atoms with Crippen LogP contribution in [0.15, 0.2) is 18.2 Å². The lowest BCUT2D eigenvalue weighted by molar-refractivity contribution is 0.153. The normalized spacial score (nSPS) is 15.9. The molecule has 0 spiro atoms. The van der Waals surface area contributed by atoms with Crippen LogP contribution in [0.3, 0.4) is 0 Å². The van der Waals surface area contributed by atoms with Gasteiger partial charge >= 0.3 is 0 Å². The number of rotatable bonds is 7. The summed E-state index contributed by atoms with van der Waals surface area (Å²) in [6.07, 6.45) is 2.24. The first-order chi connectivity index (χ1) is 14.7. The number of nitrogens with zero attached hydrogens (tertiary/aromatic N) is 4. The number of benzene rings is 1. The minimum Gasteiger partial charge on any atom is -0.493 e. The Bertz CT molecular complexity index is 884. The number of hydrogen-bond acceptors (Lipinski definition) is 7. The Balaban J connectivity index is 1.81. The molecule has 1 aromatic carbocycles. The minimum absolute atomic E-state index is 0.0643. The summed E-state index contributed by atoms with van der Waals surface area (Å²) in [5.41, 5.74) is 0.698. The molecule has 2 heterocycles. The number of methoxy groups -OCH3 is 2. The van der Waals surface area contributed by atoms with Gasteiger partial charge in [0.1, 0.15) is 0 Å². The number of likely N-dealkylation sites (tertiary alicyclic amines) is 1. The molecule has 3 rings (SSSR count). The van der Waals surface area contributed by atoms with Crippen LogP contribution < -0.4 is 14.8 Å². The third kappa shape index (κ3) is 6.25. The summed E-state index contributed by atoms with van der Waals surface area (Å²) in [5.74, 6) is 2.53. The monoisotopic (exact) mass is 487 g/mol. The second kappa shape index (κ2) is 10.4. The van der Waals surface area contributed by atoms with E-state index in [4.69, 9.17) is 44.3 Å². The third-order valence-corrected chi connectivity index (χ3v) is 5.97. The van der Waals surface area contributed by atoms with Crippen molar-refractivity contribution in [3.05, 3.63) is 24.0 Å². The van der Waals surface area contributed by atoms with Gasteiger partial charge in [-0.3, -0.25) is 0 Å². The third-order valence-electron chi connectivity index (χ3n) is 5.46. The van der Waals surface area contributed by atoms with Gasteiger partial charge in [0.05, 0.1) is 14.2 Å². The van der Waals surface area contributed by atoms with Crippen molar-refractivity contribution in [3.8, 4) is 22.9 Å². The van der Waals surface area contributed by atoms with Crippen molar-refractivity contribution >= 4 is 40.8 Å². The van der Waals surface area contributed by atoms with E-state index in [1.165, 1.54) is 0 Å². The molecule has 2 aromatic rings. The van der Waals surface area contributed by atoms with E-state index >= 15 is 0 Å². The average Bonchev–Trinajstić information content (AvgIpc) is 2.76. The Labute approximate surface area is 198 Å². The van der Waals surface area contributed by atoms with Crippen molar-refractivity contribution in [2.45, 2.75) is 36.5 Å². The highest BCUT2D eigenvalue weighted by atomic mass is 35.6. The number of halogens is 3. The number of ether oxygens (including phenoxy) is 2. The highest BCUT2D eigenvalue weighted by molar-refractivity contribution is 6.66. The van der Waals surface area contributed by atoms with Gasteiger partial charge in [0, 0.05) is 18.2 Å². The van der Waals surface area contributed by atoms with E-state index in [1.807, 2.05) is 6.07 Å². The Morgan fingerprint density at radius 3 is 2.32 bits per heavy atom. The lowest BCUT2D eigenvalue weighted by Gasteiger charge is -2.34. The van der Waals surface area contributed by atoms with E-state index in [9.17, 15) is 0 Å². The summed E-state index contributed by atoms with van der Waals surface area (Å²) in [5, 5.41) is 3.32. The Kier molecular flexibility index (Phi) is 8.08. The number of alkyl halides is 3. The van der Waals surface area contributed by atoms with Gasteiger partial charge in [-0.05, 0) is 63.9 Å². The number of anilines is 1. The zero-order valence-electron chi connectivity index (χ0n) is 18.2. The molecule has 0 unspecified atom stereocenters. The van der Waals surface area contributed by atoms with Gasteiger partial charge in [-0.25, -0.2) is 4.98 Å². The molecule has 0 saturated carbocycles. The Morgan fingerprint density at radius 1 is 1.06 bits per heavy atom. The number of piperidine rings is 1. The summed E-state index contributed by atoms with van der Waals surface area (Å²) in [4.78, 5) is 15.8. The second-order valence-corrected chi connectivity index (χ2v) is 10.1. The lowest BCUT2D eigenvalue weighted by atomic mass is 9.96. The van der Waals surface area contributed by atoms with Gasteiger partial charge in [0.25, 0.3) is 0 Å². The number of hydrogen-bond donors (Lipinski definition) is 1. The molecule has 1 saturated heterocycles. The Morgan fingerprint density at radius 2 is 1.74 bits per heavy atom. The van der Waals surface area contributed by atoms with Gasteiger partial charge < -0.3 is 19.7 Å². The zero-order valence-corrected chi connectivity index (χ0v) is 20.4. The lowest BCUT2D eigenvalue weighted by Crippen LogP contribution is -2.40. The highest BCUT2D eigenvalue weighted by Gasteiger charge is 2.29. The van der Waals surface area contributed by atoms with Gasteiger partial charge in [0.15, 0.2) is 23.1 Å². The van der Waals surface area contributed by atoms with Crippen molar-refractivity contribution in [1.82, 2.24) is 19.9 Å². The molecule has 0 aliphatic carbocycles. The quantitative estimate of drug-likeness (QED) is 0.555. The molecule has 170 valence electrons. The molecular weight excluding hydrogens is 461 g/mol. The van der Waals surface area contributed by atoms with Crippen LogP contribution in [0.25, 0.3) is 11.4 Å². The van der Waals surface area contributed by atoms with Gasteiger partial charge in [-0.2, -0.15) is 9.97 Å². The maximum Gasteiger partial charge on any atom is 0.250 e. The van der Waals surface area contributed by atoms with Crippen molar-refractivity contribution in [2.75, 3.05) is 39.2 Å². The highest BCUT2D eigenvalue weighted by Crippen LogP contribution is 2.38. The molecule has 10 heteroatoms. The molecule has 0 radical (unpaired) electrons. The first-order valence-electron chi connectivity index (χ1n) is 10.2. The largest absolute Gasteiger partial charge is 0.493 e. The standard InChI is InChI=1S/C21H28Cl3N5O2/c1-13(2)29-9-7-14(8-10-29)12-25-20-27-18(26-19(28-20)21(22,23)24)15-5-6-16(30-3)17(11-15)31-4/h5-6,11,13-14H,7-10,12H2,1-4H3,(H,25,26,27,28). The average molecular weight is 489 g/mol. The van der Waals surface area contributed by atoms with E-state index < -0.39 is 3.79 Å². The summed E-state index contributed by atoms with van der Waals surface area (Å²) >= 11 is 18.3. The predicted octanol–water partition coefficient (Wildman–Crippen LogP) is 4.91. The summed E-state index contributed by atoms with van der Waals surface area (Å²) in [6, 6.07) is 5.96. The van der Waals surface area contributed by atoms with Crippen LogP contribution in [-0.4, -0.2) is 59.7 Å². The van der Waals surface area contributed by atoms with Crippen LogP contribution in [0.4, 0.5) is 5.95 Å². The molecule has 1 aromatic heterocycles. The van der Waals surface area contributed by atoms with Crippen molar-refractivity contribution < 1.29 is 9.47 Å². The summed E-state index contributed by atoms with van der Waals surface area (Å²) < 4.78 is 8.91. The predicted molar refractivity (Wildman–Crippen MR) is 126 cm³/mol. The van der Waals surface area contributed by atoms with E-state index in [0.717, 1.165) is 32.5 Å². The maximum absolute atomic E-state index is 6.09. The Hall–Kier alpha value is -1.54. The molecule has 1 aliphatic heterocycles. The minimum atomic E-state index is -1.77. The first kappa shape index (κ1) is 24.1. The van der Waals surface area contributed by atoms with Crippen molar-refractivity contribution in [1.29, 1.82) is 0 Å². The molecule has 1 N–H and O–H groups in total. The van der Waals surface area contributed by atoms with Crippen LogP contribution >= 0.6 is 34.8 Å². The smallest absolute Gasteiger partial charge is 0.250 e. The summed E-state index contributed by atoms with van der Waals surface area (Å²) in [7, 11) is 3.15. The number of nitrogens with one attached hydrogen (secondary N) is 1. The van der Waals surface area contributed by atoms with Crippen LogP contribution in [0.5, 0.6) is 11.5 Å². The van der Waals surface area contributed by atoms with E-state index in [2.05, 4.69) is 39.0 Å². The summed E-state index contributed by atoms with van der Waals surface area (Å²) in [6.45, 7) is 7.41. The molecule has 0 amide bonds. The molecule has 1 aliphatic rings. The molecule has 1 fully saturated rings. The van der Waals surface area contributed by atoms with Crippen LogP contribution in [-0.2, 0) is 3.79 Å². The fourth-order valence-corrected chi connectivity index (χ4v) is 3.85. The van der Waals surface area contributed by atoms with Crippen molar-refractivity contribution in [2.24, 2.45) is 5.92 Å². The SMILES string of the molecule is COc1ccc(-c2nc(NCC3CCN(C(C)C)CC3)nc(C(Cl)(Cl)Cl)n2)cc1OC. The molecule has 0 bridgehead atoms. The fraction of sp³-hybridized carbons (Fsp3) is 0.571. The van der Waals surface area contributed by atoms with Gasteiger partial charge in [-0.15, -0.1) is 0 Å². The van der Waals surface area contributed by atoms with Crippen LogP contribution in [0.1, 0.15) is 32.5 Å². The van der Waals surface area contributed by atoms with Gasteiger partial charge in [0.2, 0.25) is 9.74 Å². The maximum atomic E-state index is 6.09. The van der Waals surface area contributed by atoms with Gasteiger partial charge in [-0.1, -0.05) is 34.8 Å². The van der Waals surface area contributed by atoms with Crippen LogP contribution in [0, 0.1) is 5.92 Å². The van der Waals surface area contributed by atoms with Crippen molar-refractivity contribution in [3.63, 3.8) is 0 Å². The second-order valence-electron chi connectivity index (χ2n) is 7.83. The van der Waals surface area contributed by atoms with Crippen LogP contribution in [0.2, 0.25) is 0 Å². The topological polar surface area (TPSA) is 72.4 Å². The number of aromatic nitrogens is 3. The first-order valence-corrected chi connectivity index (χ1v) is 11.4. The molecular formula is C21H28Cl3N5O2. The fourth-order valence-electron chi connectivity index (χ4n) is 3.60. The van der Waals surface area contributed by atoms with E-state index in [-0.39, 0.29) is 5.82 Å². The van der Waals surface area contributed by atoms with E-state index in [0.29, 0.717) is 40.8 Å². The van der Waals surface area contributed by atoms with E-state index in [1.54, 1.807) is 26.4 Å². The zero-order chi connectivity index (χ0) is 22.6.